The molecule has 2 aliphatic carbocycles. The number of aromatic nitrogens is 5. The summed E-state index contributed by atoms with van der Waals surface area (Å²) in [5.74, 6) is 2.53. The number of imidazole rings is 1. The third kappa shape index (κ3) is 4.11. The smallest absolute Gasteiger partial charge is 0.254 e. The molecule has 220 valence electrons. The van der Waals surface area contributed by atoms with E-state index in [0.29, 0.717) is 29.7 Å². The highest BCUT2D eigenvalue weighted by molar-refractivity contribution is 6.00. The molecule has 10 heteroatoms. The van der Waals surface area contributed by atoms with Crippen molar-refractivity contribution in [1.82, 2.24) is 29.0 Å². The van der Waals surface area contributed by atoms with E-state index in [2.05, 4.69) is 26.3 Å². The number of aryl methyl sites for hydroxylation is 2. The number of nitrogens with zero attached hydrogens (tertiary/aromatic N) is 6. The number of pyridine rings is 2. The van der Waals surface area contributed by atoms with Crippen molar-refractivity contribution in [3.05, 3.63) is 53.7 Å². The predicted molar refractivity (Wildman–Crippen MR) is 164 cm³/mol. The number of piperidine rings is 1. The summed E-state index contributed by atoms with van der Waals surface area (Å²) in [7, 11) is 3.63. The van der Waals surface area contributed by atoms with Crippen LogP contribution in [0.1, 0.15) is 41.6 Å². The number of carbonyl (C=O) groups excluding carboxylic acids is 1. The van der Waals surface area contributed by atoms with Gasteiger partial charge in [-0.3, -0.25) is 9.78 Å². The van der Waals surface area contributed by atoms with Gasteiger partial charge in [0, 0.05) is 43.2 Å². The maximum Gasteiger partial charge on any atom is 0.254 e. The second-order valence-electron chi connectivity index (χ2n) is 12.5. The number of hydrogen-bond acceptors (Lipinski definition) is 7. The Morgan fingerprint density at radius 3 is 2.65 bits per heavy atom. The molecule has 0 radical (unpaired) electrons. The largest absolute Gasteiger partial charge is 0.506 e. The molecule has 3 unspecified atom stereocenters. The maximum atomic E-state index is 13.7. The van der Waals surface area contributed by atoms with E-state index >= 15 is 0 Å². The zero-order valence-electron chi connectivity index (χ0n) is 24.6. The van der Waals surface area contributed by atoms with E-state index in [4.69, 9.17) is 20.4 Å². The molecule has 3 aliphatic rings. The van der Waals surface area contributed by atoms with E-state index in [1.54, 1.807) is 13.2 Å². The van der Waals surface area contributed by atoms with Crippen LogP contribution < -0.4 is 10.5 Å². The second kappa shape index (κ2) is 9.54. The predicted octanol–water partition coefficient (Wildman–Crippen LogP) is 4.65. The van der Waals surface area contributed by atoms with Crippen molar-refractivity contribution in [3.63, 3.8) is 0 Å². The Morgan fingerprint density at radius 2 is 1.95 bits per heavy atom. The molecule has 2 bridgehead atoms. The molecule has 1 aromatic carbocycles. The number of amides is 1. The fraction of sp³-hybridized carbons (Fsp3) is 0.394. The van der Waals surface area contributed by atoms with Crippen LogP contribution in [0.25, 0.3) is 45.0 Å². The van der Waals surface area contributed by atoms with Crippen molar-refractivity contribution in [3.8, 4) is 34.4 Å². The molecule has 1 saturated heterocycles. The Morgan fingerprint density at radius 1 is 1.12 bits per heavy atom. The molecule has 5 heterocycles. The number of nitrogens with two attached hydrogens (primary N) is 1. The zero-order chi connectivity index (χ0) is 29.6. The number of rotatable bonds is 6. The molecular weight excluding hydrogens is 542 g/mol. The summed E-state index contributed by atoms with van der Waals surface area (Å²) in [4.78, 5) is 30.3. The molecule has 3 N–H and O–H groups in total. The number of hydrogen-bond donors (Lipinski definition) is 2. The van der Waals surface area contributed by atoms with E-state index in [0.717, 1.165) is 69.9 Å². The molecule has 1 aliphatic heterocycles. The van der Waals surface area contributed by atoms with Crippen molar-refractivity contribution in [2.24, 2.45) is 24.6 Å². The number of aromatic hydroxyl groups is 1. The third-order valence-corrected chi connectivity index (χ3v) is 9.73. The van der Waals surface area contributed by atoms with Gasteiger partial charge in [-0.05, 0) is 86.4 Å². The first-order valence-corrected chi connectivity index (χ1v) is 15.1. The van der Waals surface area contributed by atoms with Gasteiger partial charge in [0.2, 0.25) is 0 Å². The molecule has 43 heavy (non-hydrogen) atoms. The Labute approximate surface area is 249 Å². The van der Waals surface area contributed by atoms with Crippen molar-refractivity contribution < 1.29 is 14.6 Å². The van der Waals surface area contributed by atoms with Crippen molar-refractivity contribution in [2.75, 3.05) is 13.7 Å². The van der Waals surface area contributed by atoms with Crippen LogP contribution in [-0.4, -0.2) is 65.7 Å². The first kappa shape index (κ1) is 26.2. The van der Waals surface area contributed by atoms with E-state index in [-0.39, 0.29) is 23.7 Å². The van der Waals surface area contributed by atoms with Crippen LogP contribution in [0.3, 0.4) is 0 Å². The van der Waals surface area contributed by atoms with Gasteiger partial charge in [0.15, 0.2) is 5.82 Å². The monoisotopic (exact) mass is 577 g/mol. The van der Waals surface area contributed by atoms with Crippen molar-refractivity contribution >= 4 is 28.0 Å². The highest BCUT2D eigenvalue weighted by Gasteiger charge is 2.47. The highest BCUT2D eigenvalue weighted by atomic mass is 16.5. The second-order valence-corrected chi connectivity index (χ2v) is 12.5. The third-order valence-electron chi connectivity index (χ3n) is 9.73. The molecule has 2 saturated carbocycles. The SMILES string of the molecule is COc1cc(C(=O)N2CC3CCC2C3N)cc2nc(-c3cc4ccc(-c5ncc(O)cc5C)nc4n3CC3CC3)n(C)c12. The Balaban J connectivity index is 1.25. The molecule has 3 atom stereocenters. The fourth-order valence-corrected chi connectivity index (χ4v) is 7.28. The first-order valence-electron chi connectivity index (χ1n) is 15.1. The Hall–Kier alpha value is -4.44. The van der Waals surface area contributed by atoms with Crippen LogP contribution in [0.5, 0.6) is 11.5 Å². The van der Waals surface area contributed by atoms with E-state index < -0.39 is 0 Å². The van der Waals surface area contributed by atoms with Gasteiger partial charge in [0.25, 0.3) is 5.91 Å². The standard InChI is InChI=1S/C33H35N7O3/c1-17-10-22(41)14-35-29(17)23-8-6-19-12-26(39(31(19)36-23)15-18-4-5-18)32-37-24-11-21(13-27(43-3)30(24)38(32)2)33(42)40-16-20-7-9-25(40)28(20)34/h6,8,10-14,18,20,25,28,41H,4-5,7,9,15-16,34H2,1-3H3. The summed E-state index contributed by atoms with van der Waals surface area (Å²) in [6.07, 6.45) is 5.91. The molecule has 1 amide bonds. The van der Waals surface area contributed by atoms with Gasteiger partial charge >= 0.3 is 0 Å². The van der Waals surface area contributed by atoms with Crippen LogP contribution in [-0.2, 0) is 13.6 Å². The number of likely N-dealkylation sites (tertiary alicyclic amines) is 1. The minimum Gasteiger partial charge on any atom is -0.506 e. The lowest BCUT2D eigenvalue weighted by Gasteiger charge is -2.27. The summed E-state index contributed by atoms with van der Waals surface area (Å²) in [5, 5.41) is 10.9. The lowest BCUT2D eigenvalue weighted by atomic mass is 10.1. The van der Waals surface area contributed by atoms with Crippen LogP contribution >= 0.6 is 0 Å². The van der Waals surface area contributed by atoms with Crippen LogP contribution in [0.15, 0.2) is 42.6 Å². The van der Waals surface area contributed by atoms with Gasteiger partial charge in [-0.15, -0.1) is 0 Å². The summed E-state index contributed by atoms with van der Waals surface area (Å²) < 4.78 is 10.2. The first-order chi connectivity index (χ1) is 20.8. The average molecular weight is 578 g/mol. The van der Waals surface area contributed by atoms with Crippen molar-refractivity contribution in [1.29, 1.82) is 0 Å². The lowest BCUT2D eigenvalue weighted by Crippen LogP contribution is -2.41. The maximum absolute atomic E-state index is 13.7. The molecule has 0 spiro atoms. The van der Waals surface area contributed by atoms with Gasteiger partial charge in [-0.1, -0.05) is 0 Å². The minimum absolute atomic E-state index is 0.00670. The van der Waals surface area contributed by atoms with Crippen LogP contribution in [0.4, 0.5) is 0 Å². The zero-order valence-corrected chi connectivity index (χ0v) is 24.6. The molecular formula is C33H35N7O3. The Kier molecular flexibility index (Phi) is 5.81. The quantitative estimate of drug-likeness (QED) is 0.301. The van der Waals surface area contributed by atoms with E-state index in [1.807, 2.05) is 37.1 Å². The topological polar surface area (TPSA) is 124 Å². The number of methoxy groups -OCH3 is 1. The summed E-state index contributed by atoms with van der Waals surface area (Å²) in [6, 6.07) is 11.8. The Bertz CT molecular complexity index is 1940. The number of benzene rings is 1. The summed E-state index contributed by atoms with van der Waals surface area (Å²) in [5.41, 5.74) is 12.8. The van der Waals surface area contributed by atoms with Gasteiger partial charge in [-0.25, -0.2) is 9.97 Å². The molecule has 8 rings (SSSR count). The molecule has 10 nitrogen and oxygen atoms in total. The van der Waals surface area contributed by atoms with Crippen LogP contribution in [0.2, 0.25) is 0 Å². The van der Waals surface area contributed by atoms with Gasteiger partial charge < -0.3 is 29.6 Å². The minimum atomic E-state index is -0.00670. The van der Waals surface area contributed by atoms with E-state index in [9.17, 15) is 9.90 Å². The van der Waals surface area contributed by atoms with E-state index in [1.165, 1.54) is 19.0 Å². The van der Waals surface area contributed by atoms with Crippen molar-refractivity contribution in [2.45, 2.75) is 51.2 Å². The van der Waals surface area contributed by atoms with Gasteiger partial charge in [0.05, 0.1) is 35.9 Å². The number of fused-ring (bicyclic) bond motifs is 4. The summed E-state index contributed by atoms with van der Waals surface area (Å²) >= 11 is 0. The number of ether oxygens (including phenoxy) is 1. The average Bonchev–Trinajstić information content (AvgIpc) is 3.41. The molecule has 3 fully saturated rings. The normalized spacial score (nSPS) is 21.4. The van der Waals surface area contributed by atoms with Crippen LogP contribution in [0, 0.1) is 18.8 Å². The number of carbonyl (C=O) groups is 1. The van der Waals surface area contributed by atoms with Gasteiger partial charge in [0.1, 0.15) is 22.7 Å². The van der Waals surface area contributed by atoms with Gasteiger partial charge in [-0.2, -0.15) is 0 Å². The molecule has 4 aromatic heterocycles. The lowest BCUT2D eigenvalue weighted by molar-refractivity contribution is 0.0700. The highest BCUT2D eigenvalue weighted by Crippen LogP contribution is 2.40. The fourth-order valence-electron chi connectivity index (χ4n) is 7.28. The molecule has 5 aromatic rings. The summed E-state index contributed by atoms with van der Waals surface area (Å²) in [6.45, 7) is 3.49.